The van der Waals surface area contributed by atoms with Gasteiger partial charge in [0.2, 0.25) is 0 Å². The topological polar surface area (TPSA) is 24.6 Å². The molecule has 18 aromatic carbocycles. The van der Waals surface area contributed by atoms with Crippen LogP contribution in [0.5, 0.6) is 0 Å². The number of allylic oxidation sites excluding steroid dienone is 3. The highest BCUT2D eigenvalue weighted by Crippen LogP contribution is 2.55. The van der Waals surface area contributed by atoms with E-state index in [-0.39, 0.29) is 0 Å². The molecule has 0 spiro atoms. The van der Waals surface area contributed by atoms with Crippen molar-refractivity contribution in [1.82, 2.24) is 4.57 Å². The molecule has 544 valence electrons. The zero-order valence-electron chi connectivity index (χ0n) is 63.1. The van der Waals surface area contributed by atoms with E-state index < -0.39 is 0 Å². The number of hydrogen-bond donors (Lipinski definition) is 0. The van der Waals surface area contributed by atoms with Crippen molar-refractivity contribution in [1.29, 1.82) is 0 Å². The van der Waals surface area contributed by atoms with E-state index in [1.54, 1.807) is 0 Å². The summed E-state index contributed by atoms with van der Waals surface area (Å²) in [5.74, 6) is 0.357. The molecule has 0 radical (unpaired) electrons. The van der Waals surface area contributed by atoms with Crippen LogP contribution < -0.4 is 9.80 Å². The molecule has 116 heavy (non-hydrogen) atoms. The highest BCUT2D eigenvalue weighted by atomic mass is 32.2. The number of benzene rings is 18. The van der Waals surface area contributed by atoms with E-state index in [0.717, 1.165) is 106 Å². The average Bonchev–Trinajstić information content (AvgIpc) is 1.56. The van der Waals surface area contributed by atoms with Gasteiger partial charge in [0.15, 0.2) is 0 Å². The Balaban J connectivity index is 0.628. The smallest absolute Gasteiger partial charge is 0.136 e. The molecule has 4 nitrogen and oxygen atoms in total. The van der Waals surface area contributed by atoms with Gasteiger partial charge in [0.25, 0.3) is 0 Å². The largest absolute Gasteiger partial charge is 0.456 e. The molecule has 2 aliphatic rings. The molecule has 4 heterocycles. The molecular weight excluding hydrogens is 1440 g/mol. The van der Waals surface area contributed by atoms with Crippen LogP contribution in [0.3, 0.4) is 0 Å². The normalized spacial score (nSPS) is 13.8. The number of fused-ring (bicyclic) bond motifs is 14. The molecule has 0 fully saturated rings. The molecule has 2 unspecified atom stereocenters. The Bertz CT molecular complexity index is 7510. The average molecular weight is 1510 g/mol. The van der Waals surface area contributed by atoms with Gasteiger partial charge in [0.05, 0.1) is 22.4 Å². The Kier molecular flexibility index (Phi) is 16.2. The predicted octanol–water partition coefficient (Wildman–Crippen LogP) is 31.6. The second-order valence-electron chi connectivity index (χ2n) is 30.5. The lowest BCUT2D eigenvalue weighted by Crippen LogP contribution is -2.11. The molecule has 3 aromatic heterocycles. The highest BCUT2D eigenvalue weighted by Gasteiger charge is 2.34. The third-order valence-electron chi connectivity index (χ3n) is 24.0. The fraction of sp³-hybridized carbons (Fsp3) is 0.0182. The zero-order chi connectivity index (χ0) is 76.3. The van der Waals surface area contributed by atoms with Gasteiger partial charge < -0.3 is 18.8 Å². The van der Waals surface area contributed by atoms with Crippen LogP contribution in [0.4, 0.5) is 34.1 Å². The monoisotopic (exact) mass is 1510 g/mol. The van der Waals surface area contributed by atoms with E-state index in [9.17, 15) is 0 Å². The zero-order valence-corrected chi connectivity index (χ0v) is 64.7. The van der Waals surface area contributed by atoms with E-state index in [4.69, 9.17) is 4.42 Å². The van der Waals surface area contributed by atoms with Gasteiger partial charge in [0.1, 0.15) is 11.2 Å². The molecule has 6 heteroatoms. The van der Waals surface area contributed by atoms with Crippen LogP contribution in [0, 0.1) is 0 Å². The van der Waals surface area contributed by atoms with Gasteiger partial charge in [0, 0.05) is 103 Å². The molecule has 0 bridgehead atoms. The molecule has 1 aliphatic heterocycles. The summed E-state index contributed by atoms with van der Waals surface area (Å²) in [6.45, 7) is 0. The summed E-state index contributed by atoms with van der Waals surface area (Å²) in [5, 5.41) is 12.5. The standard InChI is InChI=1S/C110H71N3OS2/c1-3-26-85-72(20-1)22-16-33-87(85)74-48-59-81(60-49-74)111(101-39-10-7-30-91(101)96-35-18-37-98-94-31-8-13-42-107(94)115-109(96)98)80-55-46-71(47-56-80)79-53-64-93-100-67-77(54-65-105(100)114-106(93)69-79)78-52-63-92(97-36-19-38-99-95-32-9-14-43-108(95)116-110(97)99)104(68-78)112(83-61-50-75(51-62-83)88-34-17-23-73-21-2-4-27-86(73)88)82-57-44-70(45-58-82)76-24-15-25-84(66-76)113-102-40-11-5-28-89(102)90-29-6-12-41-103(90)113/h1-69,94,107H. The maximum absolute atomic E-state index is 6.93. The summed E-state index contributed by atoms with van der Waals surface area (Å²) < 4.78 is 11.9. The summed E-state index contributed by atoms with van der Waals surface area (Å²) in [6.07, 6.45) is 9.13. The molecule has 0 saturated heterocycles. The molecule has 0 amide bonds. The van der Waals surface area contributed by atoms with Gasteiger partial charge in [-0.15, -0.1) is 23.1 Å². The van der Waals surface area contributed by atoms with Crippen LogP contribution in [0.1, 0.15) is 11.5 Å². The number of anilines is 6. The van der Waals surface area contributed by atoms with E-state index in [0.29, 0.717) is 11.2 Å². The SMILES string of the molecule is C1=CC2Sc3c(-c4ccccc4N(c4ccc(-c5ccc6c(c5)oc5ccc(-c7ccc(-c8cccc9c8sc8ccccc89)c(N(c8ccc(-c9cccc(-n%10c%11ccccc%11c%11ccccc%11%10)c9)cc8)c8ccc(-c9cccc%10ccccc9%10)cc8)c7)cc56)cc4)c4ccc(-c5cccc6ccccc56)cc4)cccc3C2C=C1. The van der Waals surface area contributed by atoms with E-state index in [1.165, 1.54) is 107 Å². The first-order chi connectivity index (χ1) is 57.5. The Hall–Kier alpha value is -14.3. The van der Waals surface area contributed by atoms with Crippen molar-refractivity contribution >= 4 is 143 Å². The fourth-order valence-electron chi connectivity index (χ4n) is 18.4. The van der Waals surface area contributed by atoms with Crippen LogP contribution in [-0.2, 0) is 0 Å². The van der Waals surface area contributed by atoms with Gasteiger partial charge in [-0.05, 0) is 204 Å². The quantitative estimate of drug-likeness (QED) is 0.108. The second-order valence-corrected chi connectivity index (χ2v) is 32.7. The summed E-state index contributed by atoms with van der Waals surface area (Å²) in [4.78, 5) is 6.28. The van der Waals surface area contributed by atoms with Crippen LogP contribution in [0.25, 0.3) is 169 Å². The van der Waals surface area contributed by atoms with E-state index in [2.05, 4.69) is 433 Å². The van der Waals surface area contributed by atoms with Crippen LogP contribution in [-0.4, -0.2) is 9.82 Å². The Labute approximate surface area is 680 Å². The number of furan rings is 1. The molecule has 0 saturated carbocycles. The maximum atomic E-state index is 6.93. The van der Waals surface area contributed by atoms with Crippen molar-refractivity contribution in [2.24, 2.45) is 0 Å². The van der Waals surface area contributed by atoms with Crippen LogP contribution in [0.2, 0.25) is 0 Å². The summed E-state index contributed by atoms with van der Waals surface area (Å²) in [7, 11) is 0. The molecular formula is C110H71N3OS2. The van der Waals surface area contributed by atoms with Crippen LogP contribution >= 0.6 is 23.1 Å². The van der Waals surface area contributed by atoms with Crippen molar-refractivity contribution in [2.45, 2.75) is 16.1 Å². The fourth-order valence-corrected chi connectivity index (χ4v) is 21.1. The lowest BCUT2D eigenvalue weighted by Gasteiger charge is -2.29. The van der Waals surface area contributed by atoms with Gasteiger partial charge >= 0.3 is 0 Å². The number of hydrogen-bond acceptors (Lipinski definition) is 5. The highest BCUT2D eigenvalue weighted by molar-refractivity contribution is 8.00. The van der Waals surface area contributed by atoms with Crippen molar-refractivity contribution in [3.8, 4) is 83.6 Å². The van der Waals surface area contributed by atoms with Gasteiger partial charge in [-0.25, -0.2) is 0 Å². The van der Waals surface area contributed by atoms with Crippen molar-refractivity contribution < 1.29 is 4.42 Å². The number of thioether (sulfide) groups is 1. The predicted molar refractivity (Wildman–Crippen MR) is 494 cm³/mol. The van der Waals surface area contributed by atoms with E-state index >= 15 is 0 Å². The first kappa shape index (κ1) is 67.4. The molecule has 23 rings (SSSR count). The second kappa shape index (κ2) is 27.8. The third kappa shape index (κ3) is 11.4. The van der Waals surface area contributed by atoms with E-state index in [1.807, 2.05) is 23.1 Å². The lowest BCUT2D eigenvalue weighted by atomic mass is 9.90. The van der Waals surface area contributed by atoms with Gasteiger partial charge in [-0.2, -0.15) is 0 Å². The number of para-hydroxylation sites is 3. The third-order valence-corrected chi connectivity index (χ3v) is 26.6. The number of rotatable bonds is 14. The van der Waals surface area contributed by atoms with Crippen molar-refractivity contribution in [3.05, 3.63) is 424 Å². The molecule has 0 N–H and O–H groups in total. The van der Waals surface area contributed by atoms with Crippen molar-refractivity contribution in [2.75, 3.05) is 9.80 Å². The Morgan fingerprint density at radius 3 is 1.44 bits per heavy atom. The lowest BCUT2D eigenvalue weighted by molar-refractivity contribution is 0.669. The summed E-state index contributed by atoms with van der Waals surface area (Å²) >= 11 is 3.86. The number of thiophene rings is 1. The van der Waals surface area contributed by atoms with Gasteiger partial charge in [-0.1, -0.05) is 303 Å². The molecule has 1 aliphatic carbocycles. The first-order valence-corrected chi connectivity index (χ1v) is 41.5. The summed E-state index contributed by atoms with van der Waals surface area (Å²) in [5.41, 5.74) is 29.2. The van der Waals surface area contributed by atoms with Crippen molar-refractivity contribution in [3.63, 3.8) is 0 Å². The minimum atomic E-state index is 0.357. The first-order valence-electron chi connectivity index (χ1n) is 39.8. The number of nitrogens with zero attached hydrogens (tertiary/aromatic N) is 3. The molecule has 21 aromatic rings. The number of aromatic nitrogens is 1. The Morgan fingerprint density at radius 1 is 0.276 bits per heavy atom. The maximum Gasteiger partial charge on any atom is 0.136 e. The minimum Gasteiger partial charge on any atom is -0.456 e. The van der Waals surface area contributed by atoms with Crippen LogP contribution in [0.15, 0.2) is 428 Å². The minimum absolute atomic E-state index is 0.357. The Morgan fingerprint density at radius 2 is 0.750 bits per heavy atom. The van der Waals surface area contributed by atoms with Gasteiger partial charge in [-0.3, -0.25) is 0 Å². The summed E-state index contributed by atoms with van der Waals surface area (Å²) in [6, 6.07) is 146. The molecule has 2 atom stereocenters.